The summed E-state index contributed by atoms with van der Waals surface area (Å²) >= 11 is 1.70. The van der Waals surface area contributed by atoms with Crippen LogP contribution in [0.3, 0.4) is 0 Å². The van der Waals surface area contributed by atoms with E-state index < -0.39 is 0 Å². The van der Waals surface area contributed by atoms with Crippen LogP contribution in [-0.2, 0) is 0 Å². The predicted molar refractivity (Wildman–Crippen MR) is 191 cm³/mol. The van der Waals surface area contributed by atoms with Gasteiger partial charge in [0.15, 0.2) is 17.5 Å². The maximum Gasteiger partial charge on any atom is 0.164 e. The van der Waals surface area contributed by atoms with Crippen molar-refractivity contribution in [2.75, 3.05) is 0 Å². The molecule has 0 amide bonds. The van der Waals surface area contributed by atoms with Crippen LogP contribution in [0.25, 0.3) is 87.9 Å². The Morgan fingerprint density at radius 1 is 0.426 bits per heavy atom. The van der Waals surface area contributed by atoms with Gasteiger partial charge in [0.1, 0.15) is 12.0 Å². The average molecular weight is 621 g/mol. The number of thiophene rings is 1. The van der Waals surface area contributed by atoms with Gasteiger partial charge >= 0.3 is 0 Å². The van der Waals surface area contributed by atoms with E-state index in [0.29, 0.717) is 17.5 Å². The number of pyridine rings is 1. The lowest BCUT2D eigenvalue weighted by atomic mass is 10.0. The molecule has 9 aromatic rings. The maximum absolute atomic E-state index is 5.29. The Morgan fingerprint density at radius 2 is 1.02 bits per heavy atom. The third-order valence-electron chi connectivity index (χ3n) is 8.23. The average Bonchev–Trinajstić information content (AvgIpc) is 3.54. The zero-order chi connectivity index (χ0) is 31.2. The van der Waals surface area contributed by atoms with Gasteiger partial charge < -0.3 is 0 Å². The maximum atomic E-state index is 5.29. The summed E-state index contributed by atoms with van der Waals surface area (Å²) in [5.74, 6) is 1.85. The molecule has 0 radical (unpaired) electrons. The molecule has 220 valence electrons. The summed E-state index contributed by atoms with van der Waals surface area (Å²) in [5.41, 5.74) is 7.16. The molecule has 4 aromatic heterocycles. The van der Waals surface area contributed by atoms with Crippen molar-refractivity contribution in [3.05, 3.63) is 146 Å². The molecule has 0 bridgehead atoms. The highest BCUT2D eigenvalue weighted by molar-refractivity contribution is 7.26. The van der Waals surface area contributed by atoms with E-state index in [4.69, 9.17) is 24.9 Å². The quantitative estimate of drug-likeness (QED) is 0.191. The zero-order valence-corrected chi connectivity index (χ0v) is 25.8. The van der Waals surface area contributed by atoms with Crippen molar-refractivity contribution in [2.24, 2.45) is 0 Å². The molecule has 6 nitrogen and oxygen atoms in total. The molecule has 4 heterocycles. The molecule has 0 N–H and O–H groups in total. The molecule has 0 aliphatic heterocycles. The van der Waals surface area contributed by atoms with Crippen molar-refractivity contribution >= 4 is 42.4 Å². The summed E-state index contributed by atoms with van der Waals surface area (Å²) in [7, 11) is 0. The van der Waals surface area contributed by atoms with E-state index in [1.54, 1.807) is 17.7 Å². The van der Waals surface area contributed by atoms with Crippen LogP contribution in [0.4, 0.5) is 0 Å². The summed E-state index contributed by atoms with van der Waals surface area (Å²) in [6.45, 7) is 0. The van der Waals surface area contributed by atoms with E-state index >= 15 is 0 Å². The van der Waals surface area contributed by atoms with Crippen LogP contribution < -0.4 is 0 Å². The normalized spacial score (nSPS) is 11.4. The molecule has 0 aliphatic carbocycles. The lowest BCUT2D eigenvalue weighted by Gasteiger charge is -2.12. The molecule has 0 atom stereocenters. The Labute approximate surface area is 274 Å². The van der Waals surface area contributed by atoms with Gasteiger partial charge in [-0.2, -0.15) is 0 Å². The van der Waals surface area contributed by atoms with E-state index in [0.717, 1.165) is 65.7 Å². The Kier molecular flexibility index (Phi) is 6.54. The highest BCUT2D eigenvalue weighted by atomic mass is 32.1. The molecule has 47 heavy (non-hydrogen) atoms. The Hall–Kier alpha value is -6.18. The van der Waals surface area contributed by atoms with E-state index in [9.17, 15) is 0 Å². The van der Waals surface area contributed by atoms with Gasteiger partial charge in [0.2, 0.25) is 0 Å². The van der Waals surface area contributed by atoms with Crippen LogP contribution in [0.15, 0.2) is 146 Å². The molecule has 5 aromatic carbocycles. The van der Waals surface area contributed by atoms with Crippen molar-refractivity contribution in [2.45, 2.75) is 0 Å². The van der Waals surface area contributed by atoms with Crippen molar-refractivity contribution in [1.29, 1.82) is 0 Å². The smallest absolute Gasteiger partial charge is 0.164 e. The van der Waals surface area contributed by atoms with Crippen LogP contribution in [0.5, 0.6) is 0 Å². The van der Waals surface area contributed by atoms with Crippen LogP contribution in [0.1, 0.15) is 0 Å². The second kappa shape index (κ2) is 11.3. The summed E-state index contributed by atoms with van der Waals surface area (Å²) in [4.78, 5) is 29.5. The van der Waals surface area contributed by atoms with E-state index in [-0.39, 0.29) is 0 Å². The highest BCUT2D eigenvalue weighted by Gasteiger charge is 2.18. The third kappa shape index (κ3) is 4.90. The number of fused-ring (bicyclic) bond motifs is 4. The monoisotopic (exact) mass is 620 g/mol. The van der Waals surface area contributed by atoms with Gasteiger partial charge in [0.05, 0.1) is 21.6 Å². The number of aromatic nitrogens is 6. The topological polar surface area (TPSA) is 77.3 Å². The highest BCUT2D eigenvalue weighted by Crippen LogP contribution is 2.39. The fraction of sp³-hybridized carbons (Fsp3) is 0. The van der Waals surface area contributed by atoms with Gasteiger partial charge in [0, 0.05) is 37.7 Å². The third-order valence-corrected chi connectivity index (χ3v) is 9.40. The summed E-state index contributed by atoms with van der Waals surface area (Å²) in [6, 6.07) is 47.2. The van der Waals surface area contributed by atoms with Gasteiger partial charge in [-0.05, 0) is 23.6 Å². The van der Waals surface area contributed by atoms with E-state index in [1.807, 2.05) is 78.9 Å². The largest absolute Gasteiger partial charge is 0.245 e. The molecule has 0 saturated carbocycles. The second-order valence-electron chi connectivity index (χ2n) is 11.2. The van der Waals surface area contributed by atoms with Crippen molar-refractivity contribution in [3.8, 4) is 56.8 Å². The molecular weight excluding hydrogens is 597 g/mol. The van der Waals surface area contributed by atoms with Crippen LogP contribution >= 0.6 is 11.3 Å². The molecule has 0 spiro atoms. The summed E-state index contributed by atoms with van der Waals surface area (Å²) in [5, 5.41) is 3.27. The fourth-order valence-corrected chi connectivity index (χ4v) is 7.14. The molecule has 0 fully saturated rings. The van der Waals surface area contributed by atoms with E-state index in [1.165, 1.54) is 4.70 Å². The number of nitrogens with zero attached hydrogens (tertiary/aromatic N) is 6. The summed E-state index contributed by atoms with van der Waals surface area (Å²) < 4.78 is 2.21. The molecule has 0 unspecified atom stereocenters. The van der Waals surface area contributed by atoms with Crippen molar-refractivity contribution < 1.29 is 0 Å². The molecular formula is C40H24N6S. The first-order valence-electron chi connectivity index (χ1n) is 15.3. The van der Waals surface area contributed by atoms with Crippen LogP contribution in [-0.4, -0.2) is 29.9 Å². The van der Waals surface area contributed by atoms with Gasteiger partial charge in [-0.3, -0.25) is 0 Å². The van der Waals surface area contributed by atoms with Crippen molar-refractivity contribution in [1.82, 2.24) is 29.9 Å². The van der Waals surface area contributed by atoms with Gasteiger partial charge in [-0.15, -0.1) is 11.3 Å². The molecule has 0 saturated heterocycles. The zero-order valence-electron chi connectivity index (χ0n) is 24.9. The Balaban J connectivity index is 1.22. The second-order valence-corrected chi connectivity index (χ2v) is 12.2. The Morgan fingerprint density at radius 3 is 1.77 bits per heavy atom. The lowest BCUT2D eigenvalue weighted by molar-refractivity contribution is 1.07. The van der Waals surface area contributed by atoms with Gasteiger partial charge in [0.25, 0.3) is 0 Å². The summed E-state index contributed by atoms with van der Waals surface area (Å²) in [6.07, 6.45) is 1.64. The SMILES string of the molecule is c1ccc(-c2nc(-c3ccccc3)nc(-c3cccc(-c4nc(-c5ncnc6c5sc5ccccc56)cc5ccccc45)c3)n2)cc1. The van der Waals surface area contributed by atoms with E-state index in [2.05, 4.69) is 65.6 Å². The Bertz CT molecular complexity index is 2520. The van der Waals surface area contributed by atoms with Gasteiger partial charge in [-0.1, -0.05) is 121 Å². The molecule has 9 rings (SSSR count). The predicted octanol–water partition coefficient (Wildman–Crippen LogP) is 9.91. The first kappa shape index (κ1) is 27.2. The number of hydrogen-bond donors (Lipinski definition) is 0. The van der Waals surface area contributed by atoms with Gasteiger partial charge in [-0.25, -0.2) is 29.9 Å². The molecule has 0 aliphatic rings. The minimum atomic E-state index is 0.600. The standard InChI is InChI=1S/C40H24N6S/c1-3-12-25(13-4-1)38-44-39(26-14-5-2-6-15-26)46-40(45-38)29-18-11-17-28(22-29)34-30-19-8-7-16-27(30)23-32(43-34)36-37-35(41-24-42-36)31-20-9-10-21-33(31)47-37/h1-24H. The number of hydrogen-bond acceptors (Lipinski definition) is 7. The minimum absolute atomic E-state index is 0.600. The fourth-order valence-electron chi connectivity index (χ4n) is 5.99. The first-order valence-corrected chi connectivity index (χ1v) is 16.1. The number of rotatable bonds is 5. The first-order chi connectivity index (χ1) is 23.3. The minimum Gasteiger partial charge on any atom is -0.245 e. The molecule has 7 heteroatoms. The number of benzene rings is 5. The van der Waals surface area contributed by atoms with Crippen molar-refractivity contribution in [3.63, 3.8) is 0 Å². The lowest BCUT2D eigenvalue weighted by Crippen LogP contribution is -2.00. The van der Waals surface area contributed by atoms with Crippen LogP contribution in [0.2, 0.25) is 0 Å². The van der Waals surface area contributed by atoms with Crippen LogP contribution in [0, 0.1) is 0 Å².